The van der Waals surface area contributed by atoms with Crippen molar-refractivity contribution in [2.45, 2.75) is 23.7 Å². The molecule has 1 aliphatic rings. The normalized spacial score (nSPS) is 16.9. The van der Waals surface area contributed by atoms with Crippen molar-refractivity contribution in [2.24, 2.45) is 0 Å². The number of rotatable bonds is 4. The van der Waals surface area contributed by atoms with Gasteiger partial charge in [0.2, 0.25) is 15.9 Å². The Kier molecular flexibility index (Phi) is 4.43. The molecule has 0 heterocycles. The van der Waals surface area contributed by atoms with Crippen LogP contribution in [0.15, 0.2) is 53.4 Å². The van der Waals surface area contributed by atoms with Gasteiger partial charge in [-0.05, 0) is 48.2 Å². The first-order chi connectivity index (χ1) is 11.4. The number of amides is 1. The number of fused-ring (bicyclic) bond motifs is 1. The molecule has 0 aromatic heterocycles. The molecule has 1 unspecified atom stereocenters. The Labute approximate surface area is 142 Å². The molecule has 0 aliphatic heterocycles. The van der Waals surface area contributed by atoms with E-state index in [2.05, 4.69) is 11.4 Å². The summed E-state index contributed by atoms with van der Waals surface area (Å²) in [5.74, 6) is -0.199. The van der Waals surface area contributed by atoms with E-state index in [0.717, 1.165) is 22.7 Å². The van der Waals surface area contributed by atoms with E-state index in [1.807, 2.05) is 18.2 Å². The number of hydrogen-bond donors (Lipinski definition) is 1. The zero-order chi connectivity index (χ0) is 17.3. The molecule has 0 spiro atoms. The molecule has 0 bridgehead atoms. The summed E-state index contributed by atoms with van der Waals surface area (Å²) in [6.07, 6.45) is 1.71. The highest BCUT2D eigenvalue weighted by atomic mass is 32.2. The number of aryl methyl sites for hydroxylation is 1. The average Bonchev–Trinajstić information content (AvgIpc) is 2.99. The molecule has 2 aromatic carbocycles. The van der Waals surface area contributed by atoms with Crippen LogP contribution < -0.4 is 5.32 Å². The Hall–Kier alpha value is -2.18. The first-order valence-electron chi connectivity index (χ1n) is 7.81. The van der Waals surface area contributed by atoms with Gasteiger partial charge in [-0.1, -0.05) is 24.3 Å². The number of sulfonamides is 1. The number of anilines is 1. The molecule has 6 heteroatoms. The van der Waals surface area contributed by atoms with Crippen molar-refractivity contribution in [1.82, 2.24) is 4.31 Å². The van der Waals surface area contributed by atoms with Crippen LogP contribution in [0.2, 0.25) is 0 Å². The molecule has 5 nitrogen and oxygen atoms in total. The standard InChI is InChI=1S/C18H20N2O3S/c1-20(2)24(22,23)15-10-8-14(9-11-15)19-18(21)17-12-7-13-5-3-4-6-16(13)17/h3-6,8-11,17H,7,12H2,1-2H3,(H,19,21). The highest BCUT2D eigenvalue weighted by Gasteiger charge is 2.28. The quantitative estimate of drug-likeness (QED) is 0.927. The van der Waals surface area contributed by atoms with Crippen molar-refractivity contribution >= 4 is 21.6 Å². The van der Waals surface area contributed by atoms with E-state index in [-0.39, 0.29) is 16.7 Å². The van der Waals surface area contributed by atoms with Gasteiger partial charge < -0.3 is 5.32 Å². The molecule has 1 atom stereocenters. The fraction of sp³-hybridized carbons (Fsp3) is 0.278. The number of carbonyl (C=O) groups excluding carboxylic acids is 1. The lowest BCUT2D eigenvalue weighted by molar-refractivity contribution is -0.117. The van der Waals surface area contributed by atoms with E-state index in [1.54, 1.807) is 12.1 Å². The van der Waals surface area contributed by atoms with Gasteiger partial charge in [-0.3, -0.25) is 4.79 Å². The van der Waals surface area contributed by atoms with E-state index in [0.29, 0.717) is 5.69 Å². The second-order valence-corrected chi connectivity index (χ2v) is 8.24. The molecule has 1 N–H and O–H groups in total. The van der Waals surface area contributed by atoms with E-state index in [4.69, 9.17) is 0 Å². The zero-order valence-electron chi connectivity index (χ0n) is 13.7. The Morgan fingerprint density at radius 3 is 2.42 bits per heavy atom. The molecule has 126 valence electrons. The van der Waals surface area contributed by atoms with Crippen LogP contribution in [0.1, 0.15) is 23.5 Å². The monoisotopic (exact) mass is 344 g/mol. The smallest absolute Gasteiger partial charge is 0.242 e. The fourth-order valence-electron chi connectivity index (χ4n) is 2.98. The Bertz CT molecular complexity index is 858. The number of benzene rings is 2. The Balaban J connectivity index is 1.75. The van der Waals surface area contributed by atoms with Crippen molar-refractivity contribution in [3.63, 3.8) is 0 Å². The van der Waals surface area contributed by atoms with Gasteiger partial charge in [0.15, 0.2) is 0 Å². The molecular formula is C18H20N2O3S. The molecule has 2 aromatic rings. The van der Waals surface area contributed by atoms with Gasteiger partial charge in [-0.2, -0.15) is 0 Å². The summed E-state index contributed by atoms with van der Waals surface area (Å²) in [5.41, 5.74) is 2.91. The second kappa shape index (κ2) is 6.37. The van der Waals surface area contributed by atoms with Crippen LogP contribution in [0.25, 0.3) is 0 Å². The molecule has 0 fully saturated rings. The molecule has 24 heavy (non-hydrogen) atoms. The van der Waals surface area contributed by atoms with Crippen molar-refractivity contribution in [3.8, 4) is 0 Å². The summed E-state index contributed by atoms with van der Waals surface area (Å²) in [6, 6.07) is 14.3. The first kappa shape index (κ1) is 16.7. The Morgan fingerprint density at radius 1 is 1.08 bits per heavy atom. The lowest BCUT2D eigenvalue weighted by Gasteiger charge is -2.14. The molecule has 1 amide bonds. The van der Waals surface area contributed by atoms with Gasteiger partial charge in [-0.25, -0.2) is 12.7 Å². The largest absolute Gasteiger partial charge is 0.326 e. The van der Waals surface area contributed by atoms with Gasteiger partial charge >= 0.3 is 0 Å². The van der Waals surface area contributed by atoms with Gasteiger partial charge in [0.1, 0.15) is 0 Å². The van der Waals surface area contributed by atoms with Crippen LogP contribution >= 0.6 is 0 Å². The van der Waals surface area contributed by atoms with E-state index >= 15 is 0 Å². The lowest BCUT2D eigenvalue weighted by Crippen LogP contribution is -2.22. The molecule has 0 saturated heterocycles. The minimum atomic E-state index is -3.46. The van der Waals surface area contributed by atoms with Crippen molar-refractivity contribution in [2.75, 3.05) is 19.4 Å². The SMILES string of the molecule is CN(C)S(=O)(=O)c1ccc(NC(=O)C2CCc3ccccc32)cc1. The number of hydrogen-bond acceptors (Lipinski definition) is 3. The van der Waals surface area contributed by atoms with Crippen molar-refractivity contribution < 1.29 is 13.2 Å². The summed E-state index contributed by atoms with van der Waals surface area (Å²) in [5, 5.41) is 2.89. The summed E-state index contributed by atoms with van der Waals surface area (Å²) in [7, 11) is -0.480. The highest BCUT2D eigenvalue weighted by Crippen LogP contribution is 2.33. The summed E-state index contributed by atoms with van der Waals surface area (Å²) in [6.45, 7) is 0. The second-order valence-electron chi connectivity index (χ2n) is 6.09. The fourth-order valence-corrected chi connectivity index (χ4v) is 3.88. The molecule has 0 radical (unpaired) electrons. The maximum atomic E-state index is 12.5. The third-order valence-electron chi connectivity index (χ3n) is 4.35. The summed E-state index contributed by atoms with van der Waals surface area (Å²) in [4.78, 5) is 12.7. The van der Waals surface area contributed by atoms with Gasteiger partial charge in [0.25, 0.3) is 0 Å². The predicted octanol–water partition coefficient (Wildman–Crippen LogP) is 2.61. The van der Waals surface area contributed by atoms with Crippen LogP contribution in [-0.2, 0) is 21.2 Å². The summed E-state index contributed by atoms with van der Waals surface area (Å²) >= 11 is 0. The van der Waals surface area contributed by atoms with Crippen molar-refractivity contribution in [1.29, 1.82) is 0 Å². The summed E-state index contributed by atoms with van der Waals surface area (Å²) < 4.78 is 25.3. The van der Waals surface area contributed by atoms with E-state index in [9.17, 15) is 13.2 Å². The van der Waals surface area contributed by atoms with Gasteiger partial charge in [-0.15, -0.1) is 0 Å². The zero-order valence-corrected chi connectivity index (χ0v) is 14.5. The average molecular weight is 344 g/mol. The number of carbonyl (C=O) groups is 1. The van der Waals surface area contributed by atoms with Crippen LogP contribution in [-0.4, -0.2) is 32.7 Å². The molecule has 0 saturated carbocycles. The van der Waals surface area contributed by atoms with E-state index < -0.39 is 10.0 Å². The predicted molar refractivity (Wildman–Crippen MR) is 93.4 cm³/mol. The Morgan fingerprint density at radius 2 is 1.75 bits per heavy atom. The van der Waals surface area contributed by atoms with Gasteiger partial charge in [0, 0.05) is 19.8 Å². The molecule has 3 rings (SSSR count). The lowest BCUT2D eigenvalue weighted by atomic mass is 10.0. The third kappa shape index (κ3) is 3.07. The van der Waals surface area contributed by atoms with Crippen LogP contribution in [0, 0.1) is 0 Å². The van der Waals surface area contributed by atoms with Crippen LogP contribution in [0.3, 0.4) is 0 Å². The maximum absolute atomic E-state index is 12.5. The van der Waals surface area contributed by atoms with Crippen LogP contribution in [0.5, 0.6) is 0 Å². The maximum Gasteiger partial charge on any atom is 0.242 e. The number of nitrogens with zero attached hydrogens (tertiary/aromatic N) is 1. The molecule has 1 aliphatic carbocycles. The topological polar surface area (TPSA) is 66.5 Å². The van der Waals surface area contributed by atoms with Crippen molar-refractivity contribution in [3.05, 3.63) is 59.7 Å². The minimum Gasteiger partial charge on any atom is -0.326 e. The molecular weight excluding hydrogens is 324 g/mol. The van der Waals surface area contributed by atoms with Crippen LogP contribution in [0.4, 0.5) is 5.69 Å². The number of nitrogens with one attached hydrogen (secondary N) is 1. The first-order valence-corrected chi connectivity index (χ1v) is 9.25. The highest BCUT2D eigenvalue weighted by molar-refractivity contribution is 7.89. The third-order valence-corrected chi connectivity index (χ3v) is 6.18. The minimum absolute atomic E-state index is 0.0526. The van der Waals surface area contributed by atoms with E-state index in [1.165, 1.54) is 31.8 Å². The van der Waals surface area contributed by atoms with Gasteiger partial charge in [0.05, 0.1) is 10.8 Å².